The number of carbonyl (C=O) groups excluding carboxylic acids is 1. The van der Waals surface area contributed by atoms with Gasteiger partial charge in [0.25, 0.3) is 5.91 Å². The minimum Gasteiger partial charge on any atom is -0.383 e. The quantitative estimate of drug-likeness (QED) is 0.905. The van der Waals surface area contributed by atoms with Gasteiger partial charge in [-0.1, -0.05) is 12.1 Å². The van der Waals surface area contributed by atoms with Crippen molar-refractivity contribution < 1.29 is 9.18 Å². The fourth-order valence-electron chi connectivity index (χ4n) is 3.96. The third-order valence-electron chi connectivity index (χ3n) is 5.55. The molecule has 27 heavy (non-hydrogen) atoms. The van der Waals surface area contributed by atoms with Gasteiger partial charge in [0.1, 0.15) is 11.5 Å². The van der Waals surface area contributed by atoms with Gasteiger partial charge in [0.2, 0.25) is 0 Å². The molecule has 0 spiro atoms. The zero-order valence-corrected chi connectivity index (χ0v) is 15.8. The van der Waals surface area contributed by atoms with E-state index in [1.807, 2.05) is 29.2 Å². The number of amides is 1. The summed E-state index contributed by atoms with van der Waals surface area (Å²) in [6.07, 6.45) is 0.869. The number of nitrogens with one attached hydrogen (secondary N) is 1. The lowest BCUT2D eigenvalue weighted by molar-refractivity contribution is 0.0286. The number of pyridine rings is 1. The summed E-state index contributed by atoms with van der Waals surface area (Å²) in [4.78, 5) is 21.9. The third kappa shape index (κ3) is 3.67. The molecule has 2 aliphatic heterocycles. The van der Waals surface area contributed by atoms with Crippen LogP contribution < -0.4 is 5.32 Å². The molecule has 1 aromatic heterocycles. The zero-order chi connectivity index (χ0) is 19.0. The molecule has 0 bridgehead atoms. The lowest BCUT2D eigenvalue weighted by atomic mass is 10.1. The highest BCUT2D eigenvalue weighted by Gasteiger charge is 2.33. The predicted octanol–water partition coefficient (Wildman–Crippen LogP) is 2.92. The molecule has 2 atom stereocenters. The van der Waals surface area contributed by atoms with E-state index < -0.39 is 0 Å². The molecule has 1 amide bonds. The molecule has 6 heteroatoms. The van der Waals surface area contributed by atoms with E-state index in [4.69, 9.17) is 0 Å². The molecule has 1 unspecified atom stereocenters. The lowest BCUT2D eigenvalue weighted by Gasteiger charge is -2.44. The number of fused-ring (bicyclic) bond motifs is 1. The third-order valence-corrected chi connectivity index (χ3v) is 5.55. The summed E-state index contributed by atoms with van der Waals surface area (Å²) in [7, 11) is 0. The van der Waals surface area contributed by atoms with Gasteiger partial charge in [0.05, 0.1) is 11.4 Å². The number of aromatic nitrogens is 1. The largest absolute Gasteiger partial charge is 0.383 e. The summed E-state index contributed by atoms with van der Waals surface area (Å²) in [6.45, 7) is 7.31. The number of benzene rings is 1. The molecule has 1 N–H and O–H groups in total. The van der Waals surface area contributed by atoms with Crippen molar-refractivity contribution in [2.75, 3.05) is 25.0 Å². The maximum absolute atomic E-state index is 13.1. The number of rotatable bonds is 3. The van der Waals surface area contributed by atoms with Crippen LogP contribution in [0.2, 0.25) is 0 Å². The second-order valence-corrected chi connectivity index (χ2v) is 7.58. The van der Waals surface area contributed by atoms with Crippen LogP contribution in [0, 0.1) is 5.82 Å². The smallest absolute Gasteiger partial charge is 0.272 e. The molecular formula is C21H25FN4O. The molecule has 4 rings (SSSR count). The number of hydrogen-bond donors (Lipinski definition) is 1. The van der Waals surface area contributed by atoms with Gasteiger partial charge >= 0.3 is 0 Å². The summed E-state index contributed by atoms with van der Waals surface area (Å²) < 4.78 is 13.1. The monoisotopic (exact) mass is 368 g/mol. The van der Waals surface area contributed by atoms with Gasteiger partial charge in [-0.05, 0) is 43.7 Å². The van der Waals surface area contributed by atoms with E-state index in [1.54, 1.807) is 0 Å². The van der Waals surface area contributed by atoms with Crippen molar-refractivity contribution in [1.29, 1.82) is 0 Å². The Morgan fingerprint density at radius 1 is 1.15 bits per heavy atom. The van der Waals surface area contributed by atoms with Crippen molar-refractivity contribution in [3.05, 3.63) is 59.2 Å². The van der Waals surface area contributed by atoms with E-state index in [-0.39, 0.29) is 23.8 Å². The van der Waals surface area contributed by atoms with E-state index in [0.717, 1.165) is 43.0 Å². The number of carbonyl (C=O) groups is 1. The Kier molecular flexibility index (Phi) is 4.83. The molecule has 0 saturated carbocycles. The van der Waals surface area contributed by atoms with Gasteiger partial charge < -0.3 is 10.2 Å². The molecule has 1 aromatic carbocycles. The van der Waals surface area contributed by atoms with Gasteiger partial charge in [-0.25, -0.2) is 9.37 Å². The van der Waals surface area contributed by atoms with Gasteiger partial charge in [0.15, 0.2) is 0 Å². The van der Waals surface area contributed by atoms with E-state index in [2.05, 4.69) is 29.0 Å². The molecule has 2 aromatic rings. The summed E-state index contributed by atoms with van der Waals surface area (Å²) in [5.41, 5.74) is 3.64. The normalized spacial score (nSPS) is 22.4. The minimum absolute atomic E-state index is 0.00508. The van der Waals surface area contributed by atoms with Crippen molar-refractivity contribution >= 4 is 11.6 Å². The molecular weight excluding hydrogens is 343 g/mol. The van der Waals surface area contributed by atoms with Gasteiger partial charge in [-0.15, -0.1) is 0 Å². The van der Waals surface area contributed by atoms with Crippen LogP contribution in [0.3, 0.4) is 0 Å². The van der Waals surface area contributed by atoms with Gasteiger partial charge in [-0.2, -0.15) is 0 Å². The van der Waals surface area contributed by atoms with Crippen LogP contribution >= 0.6 is 0 Å². The van der Waals surface area contributed by atoms with Crippen molar-refractivity contribution in [3.8, 4) is 0 Å². The highest BCUT2D eigenvalue weighted by atomic mass is 19.1. The summed E-state index contributed by atoms with van der Waals surface area (Å²) in [5.74, 6) is -0.210. The standard InChI is InChI=1S/C21H25FN4O/c1-14-12-26(21(27)20-8-7-18-19(24-20)9-10-23-18)15(2)11-25(14)13-16-3-5-17(22)6-4-16/h3-8,14-15,23H,9-13H2,1-2H3/t14-,15?/m0/s1. The molecule has 0 aliphatic carbocycles. The van der Waals surface area contributed by atoms with Crippen LogP contribution in [0.15, 0.2) is 36.4 Å². The minimum atomic E-state index is -0.215. The molecule has 1 fully saturated rings. The average molecular weight is 368 g/mol. The summed E-state index contributed by atoms with van der Waals surface area (Å²) >= 11 is 0. The van der Waals surface area contributed by atoms with Crippen LogP contribution in [0.1, 0.15) is 35.6 Å². The zero-order valence-electron chi connectivity index (χ0n) is 15.8. The van der Waals surface area contributed by atoms with Crippen LogP contribution in [0.4, 0.5) is 10.1 Å². The Labute approximate surface area is 159 Å². The second kappa shape index (κ2) is 7.27. The van der Waals surface area contributed by atoms with Gasteiger partial charge in [0, 0.05) is 44.7 Å². The topological polar surface area (TPSA) is 48.5 Å². The van der Waals surface area contributed by atoms with Crippen LogP contribution in [-0.4, -0.2) is 52.4 Å². The van der Waals surface area contributed by atoms with Gasteiger partial charge in [-0.3, -0.25) is 9.69 Å². The van der Waals surface area contributed by atoms with E-state index >= 15 is 0 Å². The number of anilines is 1. The van der Waals surface area contributed by atoms with Crippen molar-refractivity contribution in [3.63, 3.8) is 0 Å². The summed E-state index contributed by atoms with van der Waals surface area (Å²) in [6, 6.07) is 10.8. The maximum atomic E-state index is 13.1. The molecule has 3 heterocycles. The van der Waals surface area contributed by atoms with Crippen LogP contribution in [0.5, 0.6) is 0 Å². The number of halogens is 1. The molecule has 0 radical (unpaired) electrons. The first kappa shape index (κ1) is 17.9. The number of hydrogen-bond acceptors (Lipinski definition) is 4. The SMILES string of the molecule is CC1CN(Cc2ccc(F)cc2)[C@@H](C)CN1C(=O)c1ccc2c(n1)CCN2. The first-order valence-electron chi connectivity index (χ1n) is 9.54. The molecule has 142 valence electrons. The van der Waals surface area contributed by atoms with Crippen molar-refractivity contribution in [1.82, 2.24) is 14.8 Å². The molecule has 1 saturated heterocycles. The van der Waals surface area contributed by atoms with E-state index in [0.29, 0.717) is 12.2 Å². The number of piperazine rings is 1. The first-order chi connectivity index (χ1) is 13.0. The number of nitrogens with zero attached hydrogens (tertiary/aromatic N) is 3. The Hall–Kier alpha value is -2.47. The highest BCUT2D eigenvalue weighted by Crippen LogP contribution is 2.23. The predicted molar refractivity (Wildman–Crippen MR) is 103 cm³/mol. The second-order valence-electron chi connectivity index (χ2n) is 7.58. The Bertz CT molecular complexity index is 839. The lowest BCUT2D eigenvalue weighted by Crippen LogP contribution is -2.57. The average Bonchev–Trinajstić information content (AvgIpc) is 3.13. The Morgan fingerprint density at radius 2 is 1.93 bits per heavy atom. The first-order valence-corrected chi connectivity index (χ1v) is 9.54. The maximum Gasteiger partial charge on any atom is 0.272 e. The van der Waals surface area contributed by atoms with Crippen LogP contribution in [0.25, 0.3) is 0 Å². The molecule has 2 aliphatic rings. The van der Waals surface area contributed by atoms with Crippen molar-refractivity contribution in [2.45, 2.75) is 38.9 Å². The van der Waals surface area contributed by atoms with Crippen molar-refractivity contribution in [2.24, 2.45) is 0 Å². The van der Waals surface area contributed by atoms with Crippen LogP contribution in [-0.2, 0) is 13.0 Å². The highest BCUT2D eigenvalue weighted by molar-refractivity contribution is 5.93. The molecule has 5 nitrogen and oxygen atoms in total. The fraction of sp³-hybridized carbons (Fsp3) is 0.429. The van der Waals surface area contributed by atoms with E-state index in [1.165, 1.54) is 12.1 Å². The fourth-order valence-corrected chi connectivity index (χ4v) is 3.96. The van der Waals surface area contributed by atoms with E-state index in [9.17, 15) is 9.18 Å². The summed E-state index contributed by atoms with van der Waals surface area (Å²) in [5, 5.41) is 3.28. The Balaban J connectivity index is 1.45. The Morgan fingerprint density at radius 3 is 2.70 bits per heavy atom.